The molecule has 3 heterocycles. The Balaban J connectivity index is 1.69. The van der Waals surface area contributed by atoms with E-state index in [2.05, 4.69) is 19.9 Å². The smallest absolute Gasteiger partial charge is 0.382 e. The van der Waals surface area contributed by atoms with Gasteiger partial charge in [-0.2, -0.15) is 18.3 Å². The molecule has 0 radical (unpaired) electrons. The first-order valence-electron chi connectivity index (χ1n) is 8.25. The summed E-state index contributed by atoms with van der Waals surface area (Å²) in [6.45, 7) is 0. The number of nitrogen functional groups attached to an aromatic ring is 1. The van der Waals surface area contributed by atoms with E-state index < -0.39 is 21.9 Å². The van der Waals surface area contributed by atoms with E-state index in [0.717, 1.165) is 11.3 Å². The van der Waals surface area contributed by atoms with Crippen molar-refractivity contribution in [2.24, 2.45) is 0 Å². The SMILES string of the molecule is Nc1n[nH]c2cc(-c3ccc(NS(=O)(=O)c4cc(Cl)sc4Cl)cc3)nc(C(F)(F)F)c12. The van der Waals surface area contributed by atoms with Crippen molar-refractivity contribution < 1.29 is 21.6 Å². The average Bonchev–Trinajstić information content (AvgIpc) is 3.22. The molecule has 0 fully saturated rings. The number of fused-ring (bicyclic) bond motifs is 1. The molecule has 0 saturated carbocycles. The number of benzene rings is 1. The van der Waals surface area contributed by atoms with E-state index in [1.165, 1.54) is 36.4 Å². The van der Waals surface area contributed by atoms with Crippen LogP contribution in [0.1, 0.15) is 5.69 Å². The van der Waals surface area contributed by atoms with Crippen molar-refractivity contribution in [1.29, 1.82) is 0 Å². The van der Waals surface area contributed by atoms with Crippen LogP contribution in [0.3, 0.4) is 0 Å². The lowest BCUT2D eigenvalue weighted by atomic mass is 10.1. The van der Waals surface area contributed by atoms with Gasteiger partial charge in [-0.05, 0) is 24.3 Å². The summed E-state index contributed by atoms with van der Waals surface area (Å²) in [6, 6.07) is 8.21. The molecule has 0 aliphatic heterocycles. The van der Waals surface area contributed by atoms with Gasteiger partial charge in [0, 0.05) is 11.3 Å². The van der Waals surface area contributed by atoms with Crippen LogP contribution in [0, 0.1) is 0 Å². The Bertz CT molecular complexity index is 1400. The van der Waals surface area contributed by atoms with Gasteiger partial charge in [0.05, 0.1) is 20.9 Å². The summed E-state index contributed by atoms with van der Waals surface area (Å²) in [5, 5.41) is 5.75. The molecule has 4 N–H and O–H groups in total. The quantitative estimate of drug-likeness (QED) is 0.342. The van der Waals surface area contributed by atoms with Crippen LogP contribution in [0.25, 0.3) is 22.2 Å². The minimum atomic E-state index is -4.75. The van der Waals surface area contributed by atoms with Gasteiger partial charge >= 0.3 is 6.18 Å². The Morgan fingerprint density at radius 2 is 1.81 bits per heavy atom. The number of aromatic nitrogens is 3. The van der Waals surface area contributed by atoms with Crippen molar-refractivity contribution in [3.05, 3.63) is 50.8 Å². The third kappa shape index (κ3) is 4.15. The molecule has 1 aromatic carbocycles. The van der Waals surface area contributed by atoms with Gasteiger partial charge in [0.25, 0.3) is 10.0 Å². The second-order valence-electron chi connectivity index (χ2n) is 6.26. The summed E-state index contributed by atoms with van der Waals surface area (Å²) in [4.78, 5) is 3.53. The van der Waals surface area contributed by atoms with Gasteiger partial charge in [-0.25, -0.2) is 13.4 Å². The number of hydrogen-bond acceptors (Lipinski definition) is 6. The number of alkyl halides is 3. The van der Waals surface area contributed by atoms with Crippen molar-refractivity contribution in [2.75, 3.05) is 10.5 Å². The number of thiophene rings is 1. The summed E-state index contributed by atoms with van der Waals surface area (Å²) in [5.41, 5.74) is 4.94. The third-order valence-corrected chi connectivity index (χ3v) is 7.32. The van der Waals surface area contributed by atoms with Gasteiger partial charge in [-0.3, -0.25) is 9.82 Å². The average molecular weight is 508 g/mol. The highest BCUT2D eigenvalue weighted by atomic mass is 35.5. The summed E-state index contributed by atoms with van der Waals surface area (Å²) in [7, 11) is -4.00. The largest absolute Gasteiger partial charge is 0.434 e. The number of halogens is 5. The molecule has 0 atom stereocenters. The lowest BCUT2D eigenvalue weighted by Crippen LogP contribution is -2.12. The summed E-state index contributed by atoms with van der Waals surface area (Å²) in [6.07, 6.45) is -4.75. The summed E-state index contributed by atoms with van der Waals surface area (Å²) >= 11 is 12.6. The Kier molecular flexibility index (Phi) is 5.28. The third-order valence-electron chi connectivity index (χ3n) is 4.19. The van der Waals surface area contributed by atoms with E-state index in [0.29, 0.717) is 5.56 Å². The van der Waals surface area contributed by atoms with Crippen LogP contribution in [-0.4, -0.2) is 23.6 Å². The molecule has 0 saturated heterocycles. The number of nitrogens with one attached hydrogen (secondary N) is 2. The number of H-pyrrole nitrogens is 1. The molecule has 0 unspecified atom stereocenters. The van der Waals surface area contributed by atoms with Crippen LogP contribution >= 0.6 is 34.5 Å². The molecule has 0 spiro atoms. The van der Waals surface area contributed by atoms with Gasteiger partial charge in [-0.15, -0.1) is 11.3 Å². The van der Waals surface area contributed by atoms with Crippen LogP contribution in [0.2, 0.25) is 8.67 Å². The predicted octanol–water partition coefficient (Wildman–Crippen LogP) is 5.40. The zero-order valence-corrected chi connectivity index (χ0v) is 18.1. The molecule has 4 aromatic rings. The van der Waals surface area contributed by atoms with Crippen molar-refractivity contribution in [1.82, 2.24) is 15.2 Å². The molecule has 31 heavy (non-hydrogen) atoms. The fraction of sp³-hybridized carbons (Fsp3) is 0.0588. The number of hydrogen-bond donors (Lipinski definition) is 3. The van der Waals surface area contributed by atoms with Crippen molar-refractivity contribution in [2.45, 2.75) is 11.1 Å². The number of nitrogens with two attached hydrogens (primary N) is 1. The van der Waals surface area contributed by atoms with Crippen LogP contribution in [0.4, 0.5) is 24.7 Å². The molecule has 3 aromatic heterocycles. The van der Waals surface area contributed by atoms with Gasteiger partial charge in [0.1, 0.15) is 9.23 Å². The molecule has 4 rings (SSSR count). The van der Waals surface area contributed by atoms with Crippen LogP contribution in [0.15, 0.2) is 41.3 Å². The van der Waals surface area contributed by atoms with E-state index in [4.69, 9.17) is 28.9 Å². The van der Waals surface area contributed by atoms with Gasteiger partial charge < -0.3 is 5.73 Å². The second-order valence-corrected chi connectivity index (χ2v) is 10.2. The summed E-state index contributed by atoms with van der Waals surface area (Å²) in [5.74, 6) is -0.307. The van der Waals surface area contributed by atoms with Gasteiger partial charge in [0.15, 0.2) is 11.5 Å². The highest BCUT2D eigenvalue weighted by molar-refractivity contribution is 7.93. The predicted molar refractivity (Wildman–Crippen MR) is 114 cm³/mol. The molecule has 0 bridgehead atoms. The molecule has 7 nitrogen and oxygen atoms in total. The van der Waals surface area contributed by atoms with Crippen LogP contribution in [0.5, 0.6) is 0 Å². The zero-order valence-electron chi connectivity index (χ0n) is 15.0. The minimum absolute atomic E-state index is 0.00475. The Hall–Kier alpha value is -2.54. The fourth-order valence-electron chi connectivity index (χ4n) is 2.85. The van der Waals surface area contributed by atoms with Crippen LogP contribution in [-0.2, 0) is 16.2 Å². The molecular weight excluding hydrogens is 498 g/mol. The maximum Gasteiger partial charge on any atom is 0.434 e. The monoisotopic (exact) mass is 507 g/mol. The molecule has 0 amide bonds. The lowest BCUT2D eigenvalue weighted by molar-refractivity contribution is -0.139. The molecule has 0 aliphatic carbocycles. The van der Waals surface area contributed by atoms with E-state index in [1.807, 2.05) is 0 Å². The number of pyridine rings is 1. The van der Waals surface area contributed by atoms with Gasteiger partial charge in [0.2, 0.25) is 0 Å². The van der Waals surface area contributed by atoms with Gasteiger partial charge in [-0.1, -0.05) is 35.3 Å². The first-order valence-corrected chi connectivity index (χ1v) is 11.3. The van der Waals surface area contributed by atoms with Crippen LogP contribution < -0.4 is 10.5 Å². The molecule has 162 valence electrons. The number of rotatable bonds is 4. The Labute approximate surface area is 187 Å². The first kappa shape index (κ1) is 21.7. The number of anilines is 2. The number of aromatic amines is 1. The van der Waals surface area contributed by atoms with E-state index in [-0.39, 0.29) is 41.7 Å². The standard InChI is InChI=1S/C17H10Cl2F3N5O2S2/c18-12-6-11(15(19)30-12)31(28,29)27-8-3-1-7(2-4-8)9-5-10-13(16(23)26-25-10)14(24-9)17(20,21)22/h1-6,27H,(H3,23,25,26). The topological polar surface area (TPSA) is 114 Å². The minimum Gasteiger partial charge on any atom is -0.382 e. The number of nitrogens with zero attached hydrogens (tertiary/aromatic N) is 2. The van der Waals surface area contributed by atoms with Crippen molar-refractivity contribution >= 4 is 67.0 Å². The van der Waals surface area contributed by atoms with Crippen molar-refractivity contribution in [3.8, 4) is 11.3 Å². The highest BCUT2D eigenvalue weighted by Crippen LogP contribution is 2.38. The van der Waals surface area contributed by atoms with E-state index in [9.17, 15) is 21.6 Å². The molecular formula is C17H10Cl2F3N5O2S2. The summed E-state index contributed by atoms with van der Waals surface area (Å²) < 4.78 is 67.9. The lowest BCUT2D eigenvalue weighted by Gasteiger charge is -2.11. The highest BCUT2D eigenvalue weighted by Gasteiger charge is 2.36. The maximum absolute atomic E-state index is 13.5. The maximum atomic E-state index is 13.5. The molecule has 0 aliphatic rings. The Morgan fingerprint density at radius 3 is 2.39 bits per heavy atom. The normalized spacial score (nSPS) is 12.4. The van der Waals surface area contributed by atoms with E-state index in [1.54, 1.807) is 0 Å². The Morgan fingerprint density at radius 1 is 1.13 bits per heavy atom. The first-order chi connectivity index (χ1) is 14.5. The second kappa shape index (κ2) is 7.55. The number of sulfonamides is 1. The zero-order chi connectivity index (χ0) is 22.6. The van der Waals surface area contributed by atoms with Crippen molar-refractivity contribution in [3.63, 3.8) is 0 Å². The van der Waals surface area contributed by atoms with E-state index >= 15 is 0 Å². The molecule has 14 heteroatoms. The fourth-order valence-corrected chi connectivity index (χ4v) is 6.06.